The Balaban J connectivity index is 1.52. The minimum atomic E-state index is 0.521. The van der Waals surface area contributed by atoms with Crippen molar-refractivity contribution in [1.82, 2.24) is 10.6 Å². The van der Waals surface area contributed by atoms with Crippen molar-refractivity contribution in [3.8, 4) is 0 Å². The maximum absolute atomic E-state index is 5.29. The summed E-state index contributed by atoms with van der Waals surface area (Å²) in [5.41, 5.74) is 0. The molecule has 1 aliphatic heterocycles. The molecule has 2 unspecified atom stereocenters. The van der Waals surface area contributed by atoms with Crippen molar-refractivity contribution in [2.45, 2.75) is 51.2 Å². The van der Waals surface area contributed by atoms with Gasteiger partial charge >= 0.3 is 0 Å². The largest absolute Gasteiger partial charge is 0.381 e. The summed E-state index contributed by atoms with van der Waals surface area (Å²) in [7, 11) is 1.82. The molecule has 0 aromatic carbocycles. The van der Waals surface area contributed by atoms with Crippen molar-refractivity contribution >= 4 is 0 Å². The van der Waals surface area contributed by atoms with Crippen LogP contribution >= 0.6 is 0 Å². The molecule has 2 aliphatic rings. The average Bonchev–Trinajstić information content (AvgIpc) is 2.33. The van der Waals surface area contributed by atoms with Gasteiger partial charge < -0.3 is 15.4 Å². The molecule has 3 heteroatoms. The topological polar surface area (TPSA) is 33.3 Å². The van der Waals surface area contributed by atoms with Crippen LogP contribution in [0, 0.1) is 11.8 Å². The first-order valence-electron chi connectivity index (χ1n) is 7.26. The van der Waals surface area contributed by atoms with Gasteiger partial charge in [0.05, 0.1) is 6.10 Å². The van der Waals surface area contributed by atoms with Crippen molar-refractivity contribution in [2.75, 3.05) is 26.7 Å². The van der Waals surface area contributed by atoms with Crippen LogP contribution < -0.4 is 10.6 Å². The van der Waals surface area contributed by atoms with E-state index in [1.807, 2.05) is 7.11 Å². The van der Waals surface area contributed by atoms with Gasteiger partial charge in [0.1, 0.15) is 0 Å². The van der Waals surface area contributed by atoms with E-state index in [1.165, 1.54) is 51.7 Å². The third-order valence-corrected chi connectivity index (χ3v) is 4.60. The molecule has 0 aromatic heterocycles. The molecule has 1 heterocycles. The number of ether oxygens (including phenoxy) is 1. The maximum Gasteiger partial charge on any atom is 0.0601 e. The molecular formula is C14H28N2O. The maximum atomic E-state index is 5.29. The summed E-state index contributed by atoms with van der Waals surface area (Å²) < 4.78 is 5.29. The summed E-state index contributed by atoms with van der Waals surface area (Å²) in [6.07, 6.45) is 7.03. The van der Waals surface area contributed by atoms with Gasteiger partial charge in [-0.15, -0.1) is 0 Å². The molecular weight excluding hydrogens is 212 g/mol. The summed E-state index contributed by atoms with van der Waals surface area (Å²) in [5.74, 6) is 1.76. The Morgan fingerprint density at radius 2 is 2.24 bits per heavy atom. The van der Waals surface area contributed by atoms with E-state index in [0.29, 0.717) is 6.10 Å². The molecule has 3 nitrogen and oxygen atoms in total. The van der Waals surface area contributed by atoms with E-state index >= 15 is 0 Å². The van der Waals surface area contributed by atoms with Crippen molar-refractivity contribution in [1.29, 1.82) is 0 Å². The highest BCUT2D eigenvalue weighted by Gasteiger charge is 2.28. The molecule has 100 valence electrons. The van der Waals surface area contributed by atoms with Crippen LogP contribution in [-0.4, -0.2) is 38.9 Å². The lowest BCUT2D eigenvalue weighted by Gasteiger charge is -2.35. The monoisotopic (exact) mass is 240 g/mol. The van der Waals surface area contributed by atoms with E-state index in [2.05, 4.69) is 17.6 Å². The van der Waals surface area contributed by atoms with Crippen LogP contribution in [-0.2, 0) is 4.74 Å². The first kappa shape index (κ1) is 13.3. The molecule has 2 rings (SSSR count). The van der Waals surface area contributed by atoms with Crippen LogP contribution in [0.4, 0.5) is 0 Å². The highest BCUT2D eigenvalue weighted by Crippen LogP contribution is 2.24. The predicted molar refractivity (Wildman–Crippen MR) is 71.2 cm³/mol. The normalized spacial score (nSPS) is 35.3. The zero-order valence-electron chi connectivity index (χ0n) is 11.4. The smallest absolute Gasteiger partial charge is 0.0601 e. The summed E-state index contributed by atoms with van der Waals surface area (Å²) in [5, 5.41) is 7.17. The van der Waals surface area contributed by atoms with Crippen molar-refractivity contribution < 1.29 is 4.74 Å². The van der Waals surface area contributed by atoms with Gasteiger partial charge in [-0.3, -0.25) is 0 Å². The number of nitrogens with one attached hydrogen (secondary N) is 2. The van der Waals surface area contributed by atoms with Crippen LogP contribution in [0.3, 0.4) is 0 Å². The Kier molecular flexibility index (Phi) is 5.26. The summed E-state index contributed by atoms with van der Waals surface area (Å²) in [6, 6.07) is 0.719. The molecule has 2 fully saturated rings. The second kappa shape index (κ2) is 6.72. The highest BCUT2D eigenvalue weighted by molar-refractivity contribution is 4.86. The van der Waals surface area contributed by atoms with E-state index in [9.17, 15) is 0 Å². The Hall–Kier alpha value is -0.120. The van der Waals surface area contributed by atoms with E-state index in [1.54, 1.807) is 0 Å². The van der Waals surface area contributed by atoms with Gasteiger partial charge in [0.25, 0.3) is 0 Å². The molecule has 0 amide bonds. The molecule has 17 heavy (non-hydrogen) atoms. The van der Waals surface area contributed by atoms with Crippen LogP contribution in [0.5, 0.6) is 0 Å². The molecule has 1 aliphatic carbocycles. The Labute approximate surface area is 106 Å². The van der Waals surface area contributed by atoms with Crippen molar-refractivity contribution in [3.63, 3.8) is 0 Å². The quantitative estimate of drug-likeness (QED) is 0.742. The van der Waals surface area contributed by atoms with Crippen LogP contribution in [0.2, 0.25) is 0 Å². The van der Waals surface area contributed by atoms with Gasteiger partial charge in [-0.05, 0) is 63.6 Å². The fourth-order valence-electron chi connectivity index (χ4n) is 3.04. The Bertz CT molecular complexity index is 210. The van der Waals surface area contributed by atoms with Crippen LogP contribution in [0.1, 0.15) is 39.0 Å². The lowest BCUT2D eigenvalue weighted by molar-refractivity contribution is 0.0171. The van der Waals surface area contributed by atoms with Crippen LogP contribution in [0.25, 0.3) is 0 Å². The molecule has 0 spiro atoms. The minimum Gasteiger partial charge on any atom is -0.381 e. The minimum absolute atomic E-state index is 0.521. The number of rotatable bonds is 6. The second-order valence-corrected chi connectivity index (χ2v) is 5.85. The van der Waals surface area contributed by atoms with Crippen molar-refractivity contribution in [2.24, 2.45) is 11.8 Å². The Morgan fingerprint density at radius 1 is 1.41 bits per heavy atom. The van der Waals surface area contributed by atoms with E-state index < -0.39 is 0 Å². The zero-order chi connectivity index (χ0) is 12.1. The first-order valence-corrected chi connectivity index (χ1v) is 7.26. The molecule has 1 saturated heterocycles. The zero-order valence-corrected chi connectivity index (χ0v) is 11.4. The standard InChI is InChI=1S/C14H28N2O/c1-11(12-4-3-6-15-10-12)5-7-16-13-8-14(9-13)17-2/h11-16H,3-10H2,1-2H3. The number of piperidine rings is 1. The molecule has 1 saturated carbocycles. The van der Waals surface area contributed by atoms with Gasteiger partial charge in [-0.2, -0.15) is 0 Å². The van der Waals surface area contributed by atoms with Gasteiger partial charge in [0.15, 0.2) is 0 Å². The number of hydrogen-bond donors (Lipinski definition) is 2. The summed E-state index contributed by atoms with van der Waals surface area (Å²) >= 11 is 0. The van der Waals surface area contributed by atoms with Crippen molar-refractivity contribution in [3.05, 3.63) is 0 Å². The average molecular weight is 240 g/mol. The third-order valence-electron chi connectivity index (χ3n) is 4.60. The SMILES string of the molecule is COC1CC(NCCC(C)C2CCCNC2)C1. The van der Waals surface area contributed by atoms with E-state index in [-0.39, 0.29) is 0 Å². The third kappa shape index (κ3) is 3.94. The molecule has 2 N–H and O–H groups in total. The fourth-order valence-corrected chi connectivity index (χ4v) is 3.04. The number of methoxy groups -OCH3 is 1. The summed E-state index contributed by atoms with van der Waals surface area (Å²) in [6.45, 7) is 6.05. The lowest BCUT2D eigenvalue weighted by atomic mass is 9.85. The molecule has 0 aromatic rings. The molecule has 0 radical (unpaired) electrons. The van der Waals surface area contributed by atoms with E-state index in [0.717, 1.165) is 17.9 Å². The van der Waals surface area contributed by atoms with Gasteiger partial charge in [0.2, 0.25) is 0 Å². The van der Waals surface area contributed by atoms with E-state index in [4.69, 9.17) is 4.74 Å². The molecule has 2 atom stereocenters. The van der Waals surface area contributed by atoms with Gasteiger partial charge in [-0.1, -0.05) is 6.92 Å². The first-order chi connectivity index (χ1) is 8.29. The van der Waals surface area contributed by atoms with Gasteiger partial charge in [-0.25, -0.2) is 0 Å². The Morgan fingerprint density at radius 3 is 2.88 bits per heavy atom. The molecule has 0 bridgehead atoms. The number of hydrogen-bond acceptors (Lipinski definition) is 3. The predicted octanol–water partition coefficient (Wildman–Crippen LogP) is 1.78. The fraction of sp³-hybridized carbons (Fsp3) is 1.00. The second-order valence-electron chi connectivity index (χ2n) is 5.85. The highest BCUT2D eigenvalue weighted by atomic mass is 16.5. The summed E-state index contributed by atoms with van der Waals surface area (Å²) in [4.78, 5) is 0. The van der Waals surface area contributed by atoms with Gasteiger partial charge in [0, 0.05) is 13.2 Å². The van der Waals surface area contributed by atoms with Crippen LogP contribution in [0.15, 0.2) is 0 Å². The lowest BCUT2D eigenvalue weighted by Crippen LogP contribution is -2.45.